The van der Waals surface area contributed by atoms with Crippen LogP contribution in [0.4, 0.5) is 10.5 Å². The van der Waals surface area contributed by atoms with Crippen LogP contribution in [-0.2, 0) is 6.54 Å². The normalized spacial score (nSPS) is 10.3. The van der Waals surface area contributed by atoms with Gasteiger partial charge in [-0.3, -0.25) is 4.98 Å². The Balaban J connectivity index is 1.60. The molecule has 0 fully saturated rings. The van der Waals surface area contributed by atoms with Crippen molar-refractivity contribution in [2.45, 2.75) is 6.54 Å². The Morgan fingerprint density at radius 2 is 2.13 bits per heavy atom. The van der Waals surface area contributed by atoms with Crippen LogP contribution in [0.1, 0.15) is 5.56 Å². The van der Waals surface area contributed by atoms with E-state index < -0.39 is 0 Å². The standard InChI is InChI=1S/C17H14ClN3OS/c18-14-2-1-3-15(9-14)21-17(22)20-10-12-4-6-19-16(8-12)13-5-7-23-11-13/h1-9,11H,10H2,(H2,20,21,22). The van der Waals surface area contributed by atoms with Crippen LogP contribution in [0.15, 0.2) is 59.4 Å². The molecule has 2 heterocycles. The first-order valence-electron chi connectivity index (χ1n) is 6.98. The number of nitrogens with zero attached hydrogens (tertiary/aromatic N) is 1. The maximum Gasteiger partial charge on any atom is 0.319 e. The largest absolute Gasteiger partial charge is 0.334 e. The third-order valence-electron chi connectivity index (χ3n) is 3.18. The molecule has 3 aromatic rings. The Hall–Kier alpha value is -2.37. The van der Waals surface area contributed by atoms with Crippen LogP contribution in [0.2, 0.25) is 5.02 Å². The number of thiophene rings is 1. The number of nitrogens with one attached hydrogen (secondary N) is 2. The summed E-state index contributed by atoms with van der Waals surface area (Å²) in [5, 5.41) is 10.2. The second-order valence-corrected chi connectivity index (χ2v) is 6.10. The predicted molar refractivity (Wildman–Crippen MR) is 94.9 cm³/mol. The van der Waals surface area contributed by atoms with Gasteiger partial charge in [-0.1, -0.05) is 17.7 Å². The molecule has 4 nitrogen and oxygen atoms in total. The first-order chi connectivity index (χ1) is 11.2. The molecule has 0 saturated heterocycles. The topological polar surface area (TPSA) is 54.0 Å². The lowest BCUT2D eigenvalue weighted by Gasteiger charge is -2.08. The van der Waals surface area contributed by atoms with Crippen molar-refractivity contribution in [3.8, 4) is 11.3 Å². The van der Waals surface area contributed by atoms with Gasteiger partial charge in [0.15, 0.2) is 0 Å². The van der Waals surface area contributed by atoms with Crippen LogP contribution in [0.25, 0.3) is 11.3 Å². The summed E-state index contributed by atoms with van der Waals surface area (Å²) in [6.45, 7) is 0.423. The summed E-state index contributed by atoms with van der Waals surface area (Å²) in [6, 6.07) is 12.6. The van der Waals surface area contributed by atoms with Crippen LogP contribution in [-0.4, -0.2) is 11.0 Å². The Labute approximate surface area is 143 Å². The number of aromatic nitrogens is 1. The monoisotopic (exact) mass is 343 g/mol. The maximum atomic E-state index is 11.9. The van der Waals surface area contributed by atoms with Crippen LogP contribution < -0.4 is 10.6 Å². The van der Waals surface area contributed by atoms with E-state index in [-0.39, 0.29) is 6.03 Å². The van der Waals surface area contributed by atoms with Crippen LogP contribution >= 0.6 is 22.9 Å². The van der Waals surface area contributed by atoms with E-state index in [1.807, 2.05) is 29.0 Å². The Morgan fingerprint density at radius 3 is 2.91 bits per heavy atom. The van der Waals surface area contributed by atoms with Gasteiger partial charge in [-0.15, -0.1) is 0 Å². The van der Waals surface area contributed by atoms with Gasteiger partial charge < -0.3 is 10.6 Å². The number of carbonyl (C=O) groups excluding carboxylic acids is 1. The van der Waals surface area contributed by atoms with Gasteiger partial charge in [0.25, 0.3) is 0 Å². The second-order valence-electron chi connectivity index (χ2n) is 4.88. The van der Waals surface area contributed by atoms with Gasteiger partial charge in [-0.2, -0.15) is 11.3 Å². The van der Waals surface area contributed by atoms with E-state index in [9.17, 15) is 4.79 Å². The summed E-state index contributed by atoms with van der Waals surface area (Å²) in [7, 11) is 0. The number of rotatable bonds is 4. The van der Waals surface area contributed by atoms with Gasteiger partial charge in [0.1, 0.15) is 0 Å². The minimum Gasteiger partial charge on any atom is -0.334 e. The number of halogens is 1. The molecule has 2 amide bonds. The van der Waals surface area contributed by atoms with E-state index in [0.29, 0.717) is 17.3 Å². The second kappa shape index (κ2) is 7.26. The van der Waals surface area contributed by atoms with Crippen LogP contribution in [0, 0.1) is 0 Å². The van der Waals surface area contributed by atoms with E-state index in [2.05, 4.69) is 15.6 Å². The number of anilines is 1. The fourth-order valence-electron chi connectivity index (χ4n) is 2.08. The van der Waals surface area contributed by atoms with Crippen molar-refractivity contribution >= 4 is 34.7 Å². The van der Waals surface area contributed by atoms with Gasteiger partial charge in [0, 0.05) is 34.4 Å². The van der Waals surface area contributed by atoms with Crippen LogP contribution in [0.3, 0.4) is 0 Å². The molecule has 23 heavy (non-hydrogen) atoms. The van der Waals surface area contributed by atoms with Gasteiger partial charge in [-0.05, 0) is 47.3 Å². The molecule has 0 aliphatic heterocycles. The number of urea groups is 1. The number of hydrogen-bond donors (Lipinski definition) is 2. The molecule has 6 heteroatoms. The predicted octanol–water partition coefficient (Wildman–Crippen LogP) is 4.79. The first-order valence-corrected chi connectivity index (χ1v) is 8.31. The zero-order valence-electron chi connectivity index (χ0n) is 12.1. The highest BCUT2D eigenvalue weighted by Gasteiger charge is 2.04. The SMILES string of the molecule is O=C(NCc1ccnc(-c2ccsc2)c1)Nc1cccc(Cl)c1. The molecule has 2 N–H and O–H groups in total. The van der Waals surface area contributed by atoms with Gasteiger partial charge in [-0.25, -0.2) is 4.79 Å². The molecule has 0 unspecified atom stereocenters. The minimum absolute atomic E-state index is 0.277. The maximum absolute atomic E-state index is 11.9. The van der Waals surface area contributed by atoms with Crippen LogP contribution in [0.5, 0.6) is 0 Å². The average Bonchev–Trinajstić information content (AvgIpc) is 3.08. The van der Waals surface area contributed by atoms with E-state index in [1.165, 1.54) is 0 Å². The molecule has 0 atom stereocenters. The number of pyridine rings is 1. The van der Waals surface area contributed by atoms with Crippen molar-refractivity contribution < 1.29 is 4.79 Å². The summed E-state index contributed by atoms with van der Waals surface area (Å²) in [5.41, 5.74) is 3.63. The highest BCUT2D eigenvalue weighted by molar-refractivity contribution is 7.08. The fraction of sp³-hybridized carbons (Fsp3) is 0.0588. The molecule has 1 aromatic carbocycles. The third kappa shape index (κ3) is 4.31. The fourth-order valence-corrected chi connectivity index (χ4v) is 2.92. The zero-order chi connectivity index (χ0) is 16.1. The lowest BCUT2D eigenvalue weighted by atomic mass is 10.1. The number of hydrogen-bond acceptors (Lipinski definition) is 3. The van der Waals surface area contributed by atoms with Crippen molar-refractivity contribution in [1.29, 1.82) is 0 Å². The van der Waals surface area contributed by atoms with Crippen molar-refractivity contribution in [3.63, 3.8) is 0 Å². The molecule has 0 aliphatic rings. The van der Waals surface area contributed by atoms with E-state index in [4.69, 9.17) is 11.6 Å². The molecule has 0 aliphatic carbocycles. The van der Waals surface area contributed by atoms with E-state index in [0.717, 1.165) is 16.8 Å². The lowest BCUT2D eigenvalue weighted by Crippen LogP contribution is -2.28. The highest BCUT2D eigenvalue weighted by atomic mass is 35.5. The molecule has 0 saturated carbocycles. The quantitative estimate of drug-likeness (QED) is 0.716. The molecule has 3 rings (SSSR count). The average molecular weight is 344 g/mol. The van der Waals surface area contributed by atoms with Gasteiger partial charge in [0.2, 0.25) is 0 Å². The molecular formula is C17H14ClN3OS. The summed E-state index contributed by atoms with van der Waals surface area (Å²) in [6.07, 6.45) is 1.75. The van der Waals surface area contributed by atoms with Crippen molar-refractivity contribution in [3.05, 3.63) is 70.0 Å². The molecule has 2 aromatic heterocycles. The van der Waals surface area contributed by atoms with Gasteiger partial charge in [0.05, 0.1) is 5.69 Å². The van der Waals surface area contributed by atoms with Crippen molar-refractivity contribution in [2.24, 2.45) is 0 Å². The zero-order valence-corrected chi connectivity index (χ0v) is 13.7. The molecule has 0 spiro atoms. The highest BCUT2D eigenvalue weighted by Crippen LogP contribution is 2.20. The lowest BCUT2D eigenvalue weighted by molar-refractivity contribution is 0.251. The Morgan fingerprint density at radius 1 is 1.22 bits per heavy atom. The molecule has 116 valence electrons. The summed E-state index contributed by atoms with van der Waals surface area (Å²) < 4.78 is 0. The number of benzene rings is 1. The van der Waals surface area contributed by atoms with Gasteiger partial charge >= 0.3 is 6.03 Å². The molecule has 0 bridgehead atoms. The minimum atomic E-state index is -0.277. The van der Waals surface area contributed by atoms with E-state index >= 15 is 0 Å². The smallest absolute Gasteiger partial charge is 0.319 e. The summed E-state index contributed by atoms with van der Waals surface area (Å²) >= 11 is 7.52. The van der Waals surface area contributed by atoms with E-state index in [1.54, 1.807) is 41.8 Å². The number of carbonyl (C=O) groups is 1. The number of amides is 2. The summed E-state index contributed by atoms with van der Waals surface area (Å²) in [5.74, 6) is 0. The third-order valence-corrected chi connectivity index (χ3v) is 4.10. The summed E-state index contributed by atoms with van der Waals surface area (Å²) in [4.78, 5) is 16.3. The molecular weight excluding hydrogens is 330 g/mol. The van der Waals surface area contributed by atoms with Crippen molar-refractivity contribution in [1.82, 2.24) is 10.3 Å². The molecule has 0 radical (unpaired) electrons. The Bertz CT molecular complexity index is 805. The van der Waals surface area contributed by atoms with Crippen molar-refractivity contribution in [2.75, 3.05) is 5.32 Å². The Kier molecular flexibility index (Phi) is 4.90. The first kappa shape index (κ1) is 15.5.